The number of carbonyl (C=O) groups excluding carboxylic acids is 2. The molecule has 1 N–H and O–H groups in total. The summed E-state index contributed by atoms with van der Waals surface area (Å²) in [6.07, 6.45) is 6.10. The van der Waals surface area contributed by atoms with Crippen LogP contribution in [0.2, 0.25) is 0 Å². The van der Waals surface area contributed by atoms with E-state index in [0.717, 1.165) is 44.1 Å². The van der Waals surface area contributed by atoms with Crippen molar-refractivity contribution in [2.45, 2.75) is 71.8 Å². The van der Waals surface area contributed by atoms with Gasteiger partial charge in [0.1, 0.15) is 0 Å². The van der Waals surface area contributed by atoms with Gasteiger partial charge in [-0.15, -0.1) is 0 Å². The van der Waals surface area contributed by atoms with E-state index in [4.69, 9.17) is 4.74 Å². The molecule has 4 saturated carbocycles. The second-order valence-electron chi connectivity index (χ2n) is 10.1. The molecule has 4 rings (SSSR count). The fourth-order valence-corrected chi connectivity index (χ4v) is 7.80. The van der Waals surface area contributed by atoms with E-state index in [1.807, 2.05) is 0 Å². The molecule has 4 aliphatic carbocycles. The second kappa shape index (κ2) is 5.67. The van der Waals surface area contributed by atoms with Gasteiger partial charge in [-0.3, -0.25) is 9.59 Å². The molecule has 0 radical (unpaired) electrons. The fourth-order valence-electron chi connectivity index (χ4n) is 7.80. The van der Waals surface area contributed by atoms with E-state index in [1.165, 1.54) is 6.92 Å². The van der Waals surface area contributed by atoms with Gasteiger partial charge in [-0.25, -0.2) is 0 Å². The summed E-state index contributed by atoms with van der Waals surface area (Å²) in [5.74, 6) is 0.551. The summed E-state index contributed by atoms with van der Waals surface area (Å²) in [5.41, 5.74) is 0.197. The zero-order valence-corrected chi connectivity index (χ0v) is 16.3. The van der Waals surface area contributed by atoms with Crippen molar-refractivity contribution in [2.75, 3.05) is 6.61 Å². The van der Waals surface area contributed by atoms with E-state index in [2.05, 4.69) is 20.4 Å². The molecule has 0 aromatic heterocycles. The Morgan fingerprint density at radius 1 is 1.31 bits per heavy atom. The first kappa shape index (κ1) is 18.2. The maximum atomic E-state index is 13.2. The van der Waals surface area contributed by atoms with Crippen LogP contribution in [-0.2, 0) is 14.3 Å². The van der Waals surface area contributed by atoms with E-state index in [0.29, 0.717) is 18.9 Å². The molecule has 0 aliphatic heterocycles. The number of hydrogen-bond donors (Lipinski definition) is 1. The normalized spacial score (nSPS) is 50.2. The van der Waals surface area contributed by atoms with Crippen LogP contribution in [0.25, 0.3) is 0 Å². The van der Waals surface area contributed by atoms with Gasteiger partial charge in [0.2, 0.25) is 0 Å². The summed E-state index contributed by atoms with van der Waals surface area (Å²) in [5, 5.41) is 11.1. The minimum Gasteiger partial charge on any atom is -0.465 e. The molecule has 0 aromatic rings. The standard InChI is InChI=1S/C22H32O4/c1-13-15-10-16(24)18-21(4)8-5-7-20(3,12-26-14(2)23)17(21)6-9-22(18,11-15)19(13)25/h15-18,24H,1,5-12H2,2-4H3/t15-,16-,17-,18+,20-,21-,22-/m1/s1. The quantitative estimate of drug-likeness (QED) is 0.603. The zero-order chi connectivity index (χ0) is 18.9. The topological polar surface area (TPSA) is 63.6 Å². The maximum absolute atomic E-state index is 13.2. The Labute approximate surface area is 156 Å². The van der Waals surface area contributed by atoms with Gasteiger partial charge in [-0.1, -0.05) is 26.8 Å². The summed E-state index contributed by atoms with van der Waals surface area (Å²) in [6, 6.07) is 0. The van der Waals surface area contributed by atoms with Crippen LogP contribution < -0.4 is 0 Å². The molecule has 2 bridgehead atoms. The first-order valence-corrected chi connectivity index (χ1v) is 10.2. The highest BCUT2D eigenvalue weighted by atomic mass is 16.5. The van der Waals surface area contributed by atoms with E-state index in [9.17, 15) is 14.7 Å². The Kier molecular flexibility index (Phi) is 3.97. The number of aliphatic hydroxyl groups is 1. The summed E-state index contributed by atoms with van der Waals surface area (Å²) in [6.45, 7) is 10.5. The largest absolute Gasteiger partial charge is 0.465 e. The van der Waals surface area contributed by atoms with Crippen LogP contribution in [0.15, 0.2) is 12.2 Å². The van der Waals surface area contributed by atoms with Gasteiger partial charge in [-0.2, -0.15) is 0 Å². The van der Waals surface area contributed by atoms with Crippen molar-refractivity contribution in [2.24, 2.45) is 34.0 Å². The smallest absolute Gasteiger partial charge is 0.302 e. The highest BCUT2D eigenvalue weighted by Crippen LogP contribution is 2.71. The van der Waals surface area contributed by atoms with Crippen LogP contribution in [0.5, 0.6) is 0 Å². The number of rotatable bonds is 2. The van der Waals surface area contributed by atoms with Crippen molar-refractivity contribution in [1.82, 2.24) is 0 Å². The molecule has 1 spiro atoms. The number of esters is 1. The summed E-state index contributed by atoms with van der Waals surface area (Å²) in [4.78, 5) is 24.6. The Bertz CT molecular complexity index is 669. The Morgan fingerprint density at radius 2 is 2.04 bits per heavy atom. The van der Waals surface area contributed by atoms with E-state index in [-0.39, 0.29) is 34.4 Å². The van der Waals surface area contributed by atoms with Crippen molar-refractivity contribution < 1.29 is 19.4 Å². The molecule has 26 heavy (non-hydrogen) atoms. The fraction of sp³-hybridized carbons (Fsp3) is 0.818. The lowest BCUT2D eigenvalue weighted by atomic mass is 9.40. The molecule has 0 unspecified atom stereocenters. The van der Waals surface area contributed by atoms with Gasteiger partial charge in [0.15, 0.2) is 5.78 Å². The lowest BCUT2D eigenvalue weighted by molar-refractivity contribution is -0.198. The first-order chi connectivity index (χ1) is 12.1. The highest BCUT2D eigenvalue weighted by molar-refractivity contribution is 6.03. The summed E-state index contributed by atoms with van der Waals surface area (Å²) >= 11 is 0. The molecular weight excluding hydrogens is 328 g/mol. The van der Waals surface area contributed by atoms with E-state index >= 15 is 0 Å². The number of Topliss-reactive ketones (excluding diaryl/α,β-unsaturated/α-hetero) is 1. The minimum atomic E-state index is -0.430. The minimum absolute atomic E-state index is 0.00806. The van der Waals surface area contributed by atoms with Crippen LogP contribution in [0.3, 0.4) is 0 Å². The zero-order valence-electron chi connectivity index (χ0n) is 16.3. The van der Waals surface area contributed by atoms with Crippen LogP contribution in [0.4, 0.5) is 0 Å². The molecular formula is C22H32O4. The summed E-state index contributed by atoms with van der Waals surface area (Å²) in [7, 11) is 0. The van der Waals surface area contributed by atoms with Crippen LogP contribution >= 0.6 is 0 Å². The van der Waals surface area contributed by atoms with Gasteiger partial charge in [0.25, 0.3) is 0 Å². The van der Waals surface area contributed by atoms with Crippen LogP contribution in [-0.4, -0.2) is 29.6 Å². The lowest BCUT2D eigenvalue weighted by Crippen LogP contribution is -2.62. The van der Waals surface area contributed by atoms with Gasteiger partial charge in [0, 0.05) is 23.7 Å². The Morgan fingerprint density at radius 3 is 2.73 bits per heavy atom. The van der Waals surface area contributed by atoms with Crippen molar-refractivity contribution in [3.8, 4) is 0 Å². The average Bonchev–Trinajstić information content (AvgIpc) is 2.74. The van der Waals surface area contributed by atoms with E-state index in [1.54, 1.807) is 0 Å². The maximum Gasteiger partial charge on any atom is 0.302 e. The number of aliphatic hydroxyl groups excluding tert-OH is 1. The van der Waals surface area contributed by atoms with Gasteiger partial charge in [-0.05, 0) is 61.3 Å². The number of allylic oxidation sites excluding steroid dienone is 1. The van der Waals surface area contributed by atoms with Crippen molar-refractivity contribution in [3.05, 3.63) is 12.2 Å². The lowest BCUT2D eigenvalue weighted by Gasteiger charge is -2.64. The third kappa shape index (κ3) is 2.23. The molecule has 0 heterocycles. The van der Waals surface area contributed by atoms with Gasteiger partial charge < -0.3 is 9.84 Å². The van der Waals surface area contributed by atoms with Crippen molar-refractivity contribution in [1.29, 1.82) is 0 Å². The molecule has 4 aliphatic rings. The van der Waals surface area contributed by atoms with Gasteiger partial charge >= 0.3 is 5.97 Å². The third-order valence-electron chi connectivity index (χ3n) is 8.65. The Balaban J connectivity index is 1.73. The molecule has 4 heteroatoms. The molecule has 144 valence electrons. The van der Waals surface area contributed by atoms with Crippen LogP contribution in [0.1, 0.15) is 65.7 Å². The first-order valence-electron chi connectivity index (χ1n) is 10.2. The summed E-state index contributed by atoms with van der Waals surface area (Å²) < 4.78 is 5.46. The number of ether oxygens (including phenoxy) is 1. The molecule has 0 aromatic carbocycles. The highest BCUT2D eigenvalue weighted by Gasteiger charge is 2.69. The molecule has 0 amide bonds. The number of fused-ring (bicyclic) bond motifs is 3. The number of carbonyl (C=O) groups is 2. The van der Waals surface area contributed by atoms with Crippen molar-refractivity contribution in [3.63, 3.8) is 0 Å². The predicted molar refractivity (Wildman–Crippen MR) is 98.2 cm³/mol. The number of ketones is 1. The number of hydrogen-bond acceptors (Lipinski definition) is 4. The van der Waals surface area contributed by atoms with Crippen molar-refractivity contribution >= 4 is 11.8 Å². The average molecular weight is 360 g/mol. The SMILES string of the molecule is C=C1C(=O)[C@@]23CC[C@@H]4[C@@](C)(COC(C)=O)CCC[C@@]4(C)[C@@H]2[C@H](O)C[C@@H]1C3. The van der Waals surface area contributed by atoms with Crippen LogP contribution in [0, 0.1) is 34.0 Å². The second-order valence-corrected chi connectivity index (χ2v) is 10.1. The molecule has 0 saturated heterocycles. The monoisotopic (exact) mass is 360 g/mol. The van der Waals surface area contributed by atoms with Gasteiger partial charge in [0.05, 0.1) is 12.7 Å². The predicted octanol–water partition coefficient (Wildman–Crippen LogP) is 3.67. The third-order valence-corrected chi connectivity index (χ3v) is 8.65. The molecule has 4 nitrogen and oxygen atoms in total. The van der Waals surface area contributed by atoms with E-state index < -0.39 is 11.5 Å². The molecule has 4 fully saturated rings. The Hall–Kier alpha value is -1.16. The molecule has 7 atom stereocenters.